The Morgan fingerprint density at radius 1 is 1.33 bits per heavy atom. The summed E-state index contributed by atoms with van der Waals surface area (Å²) in [4.78, 5) is 11.9. The number of tetrazole rings is 1. The summed E-state index contributed by atoms with van der Waals surface area (Å²) in [5.41, 5.74) is -0.173. The maximum atomic E-state index is 11.9. The molecule has 0 unspecified atom stereocenters. The summed E-state index contributed by atoms with van der Waals surface area (Å²) in [5, 5.41) is 18.6. The fraction of sp³-hybridized carbons (Fsp3) is 0.846. The topological polar surface area (TPSA) is 84.7 Å². The van der Waals surface area contributed by atoms with E-state index in [1.165, 1.54) is 11.8 Å². The van der Waals surface area contributed by atoms with E-state index in [9.17, 15) is 4.79 Å². The van der Waals surface area contributed by atoms with Crippen molar-refractivity contribution in [2.24, 2.45) is 0 Å². The minimum absolute atomic E-state index is 0.00510. The van der Waals surface area contributed by atoms with Gasteiger partial charge < -0.3 is 10.6 Å². The van der Waals surface area contributed by atoms with E-state index >= 15 is 0 Å². The first-order valence-electron chi connectivity index (χ1n) is 7.39. The van der Waals surface area contributed by atoms with Gasteiger partial charge in [0.15, 0.2) is 0 Å². The Balaban J connectivity index is 2.38. The molecule has 8 heteroatoms. The number of rotatable bonds is 10. The molecule has 0 aromatic carbocycles. The van der Waals surface area contributed by atoms with Crippen LogP contribution in [0.3, 0.4) is 0 Å². The molecule has 1 aromatic heterocycles. The van der Waals surface area contributed by atoms with Crippen molar-refractivity contribution in [3.05, 3.63) is 0 Å². The fourth-order valence-electron chi connectivity index (χ4n) is 1.56. The highest BCUT2D eigenvalue weighted by Gasteiger charge is 2.18. The summed E-state index contributed by atoms with van der Waals surface area (Å²) in [5.74, 6) is 0.331. The molecule has 0 radical (unpaired) electrons. The van der Waals surface area contributed by atoms with Gasteiger partial charge >= 0.3 is 0 Å². The number of thioether (sulfide) groups is 1. The molecule has 0 saturated heterocycles. The number of carbonyl (C=O) groups excluding carboxylic acids is 1. The molecule has 7 nitrogen and oxygen atoms in total. The van der Waals surface area contributed by atoms with Gasteiger partial charge in [-0.15, -0.1) is 5.10 Å². The molecule has 0 aliphatic heterocycles. The standard InChI is InChI=1S/C13H26N6OS/c1-5-7-14-8-9-19-12(16-17-18-19)21-10-11(20)15-13(3,4)6-2/h14H,5-10H2,1-4H3,(H,15,20). The number of nitrogens with zero attached hydrogens (tertiary/aromatic N) is 4. The van der Waals surface area contributed by atoms with Crippen LogP contribution in [0.1, 0.15) is 40.5 Å². The normalized spacial score (nSPS) is 11.6. The van der Waals surface area contributed by atoms with Crippen LogP contribution < -0.4 is 10.6 Å². The van der Waals surface area contributed by atoms with Crippen LogP contribution in [0.2, 0.25) is 0 Å². The number of amides is 1. The Morgan fingerprint density at radius 2 is 2.10 bits per heavy atom. The lowest BCUT2D eigenvalue weighted by Crippen LogP contribution is -2.43. The predicted octanol–water partition coefficient (Wildman–Crippen LogP) is 1.07. The van der Waals surface area contributed by atoms with Gasteiger partial charge in [0.2, 0.25) is 11.1 Å². The Morgan fingerprint density at radius 3 is 2.76 bits per heavy atom. The van der Waals surface area contributed by atoms with Crippen LogP contribution in [0.4, 0.5) is 0 Å². The van der Waals surface area contributed by atoms with Crippen molar-refractivity contribution in [2.75, 3.05) is 18.8 Å². The quantitative estimate of drug-likeness (QED) is 0.496. The van der Waals surface area contributed by atoms with Gasteiger partial charge in [-0.1, -0.05) is 25.6 Å². The van der Waals surface area contributed by atoms with E-state index < -0.39 is 0 Å². The Labute approximate surface area is 130 Å². The van der Waals surface area contributed by atoms with E-state index in [-0.39, 0.29) is 11.4 Å². The van der Waals surface area contributed by atoms with E-state index in [0.717, 1.165) is 25.9 Å². The van der Waals surface area contributed by atoms with Gasteiger partial charge in [-0.3, -0.25) is 4.79 Å². The zero-order valence-electron chi connectivity index (χ0n) is 13.3. The number of hydrogen-bond acceptors (Lipinski definition) is 6. The van der Waals surface area contributed by atoms with Gasteiger partial charge in [-0.2, -0.15) is 0 Å². The third kappa shape index (κ3) is 6.90. The second kappa shape index (κ2) is 8.99. The summed E-state index contributed by atoms with van der Waals surface area (Å²) >= 11 is 1.36. The lowest BCUT2D eigenvalue weighted by atomic mass is 10.0. The van der Waals surface area contributed by atoms with Gasteiger partial charge in [0, 0.05) is 12.1 Å². The van der Waals surface area contributed by atoms with Gasteiger partial charge in [0.05, 0.1) is 12.3 Å². The van der Waals surface area contributed by atoms with Crippen LogP contribution in [-0.2, 0) is 11.3 Å². The Hall–Kier alpha value is -1.15. The highest BCUT2D eigenvalue weighted by molar-refractivity contribution is 7.99. The SMILES string of the molecule is CCCNCCn1nnnc1SCC(=O)NC(C)(C)CC. The number of aromatic nitrogens is 4. The first-order chi connectivity index (χ1) is 9.98. The van der Waals surface area contributed by atoms with E-state index in [4.69, 9.17) is 0 Å². The molecule has 120 valence electrons. The molecule has 1 rings (SSSR count). The summed E-state index contributed by atoms with van der Waals surface area (Å²) < 4.78 is 1.73. The van der Waals surface area contributed by atoms with Crippen molar-refractivity contribution in [3.8, 4) is 0 Å². The summed E-state index contributed by atoms with van der Waals surface area (Å²) in [6.07, 6.45) is 1.99. The monoisotopic (exact) mass is 314 g/mol. The lowest BCUT2D eigenvalue weighted by Gasteiger charge is -2.24. The van der Waals surface area contributed by atoms with Crippen LogP contribution in [0.15, 0.2) is 5.16 Å². The van der Waals surface area contributed by atoms with Crippen molar-refractivity contribution < 1.29 is 4.79 Å². The largest absolute Gasteiger partial charge is 0.351 e. The van der Waals surface area contributed by atoms with Gasteiger partial charge in [0.25, 0.3) is 0 Å². The molecule has 0 atom stereocenters. The van der Waals surface area contributed by atoms with Gasteiger partial charge in [-0.25, -0.2) is 4.68 Å². The molecule has 1 amide bonds. The minimum Gasteiger partial charge on any atom is -0.351 e. The molecular formula is C13H26N6OS. The Kier molecular flexibility index (Phi) is 7.66. The second-order valence-corrected chi connectivity index (χ2v) is 6.45. The molecule has 0 spiro atoms. The zero-order valence-corrected chi connectivity index (χ0v) is 14.2. The van der Waals surface area contributed by atoms with Crippen molar-refractivity contribution >= 4 is 17.7 Å². The molecular weight excluding hydrogens is 288 g/mol. The maximum Gasteiger partial charge on any atom is 0.230 e. The highest BCUT2D eigenvalue weighted by atomic mass is 32.2. The predicted molar refractivity (Wildman–Crippen MR) is 84.2 cm³/mol. The van der Waals surface area contributed by atoms with Crippen LogP contribution in [0.25, 0.3) is 0 Å². The number of carbonyl (C=O) groups is 1. The zero-order chi connectivity index (χ0) is 15.7. The fourth-order valence-corrected chi connectivity index (χ4v) is 2.26. The first-order valence-corrected chi connectivity index (χ1v) is 8.37. The van der Waals surface area contributed by atoms with E-state index in [1.54, 1.807) is 4.68 Å². The number of hydrogen-bond donors (Lipinski definition) is 2. The minimum atomic E-state index is -0.173. The lowest BCUT2D eigenvalue weighted by molar-refractivity contribution is -0.120. The molecule has 0 aliphatic rings. The van der Waals surface area contributed by atoms with E-state index in [0.29, 0.717) is 17.5 Å². The molecule has 0 saturated carbocycles. The average Bonchev–Trinajstić information content (AvgIpc) is 2.88. The molecule has 1 heterocycles. The smallest absolute Gasteiger partial charge is 0.230 e. The summed E-state index contributed by atoms with van der Waals surface area (Å²) in [7, 11) is 0. The second-order valence-electron chi connectivity index (χ2n) is 5.51. The summed E-state index contributed by atoms with van der Waals surface area (Å²) in [6.45, 7) is 10.7. The van der Waals surface area contributed by atoms with Gasteiger partial charge in [0.1, 0.15) is 0 Å². The number of nitrogens with one attached hydrogen (secondary N) is 2. The van der Waals surface area contributed by atoms with Crippen molar-refractivity contribution in [3.63, 3.8) is 0 Å². The molecule has 0 fully saturated rings. The van der Waals surface area contributed by atoms with Crippen LogP contribution in [0, 0.1) is 0 Å². The van der Waals surface area contributed by atoms with Crippen LogP contribution in [0.5, 0.6) is 0 Å². The van der Waals surface area contributed by atoms with Crippen molar-refractivity contribution in [1.29, 1.82) is 0 Å². The van der Waals surface area contributed by atoms with Crippen molar-refractivity contribution in [2.45, 2.75) is 57.8 Å². The maximum absolute atomic E-state index is 11.9. The van der Waals surface area contributed by atoms with Crippen molar-refractivity contribution in [1.82, 2.24) is 30.8 Å². The van der Waals surface area contributed by atoms with E-state index in [1.807, 2.05) is 13.8 Å². The third-order valence-electron chi connectivity index (χ3n) is 3.12. The van der Waals surface area contributed by atoms with Gasteiger partial charge in [-0.05, 0) is 43.7 Å². The third-order valence-corrected chi connectivity index (χ3v) is 4.08. The molecule has 1 aromatic rings. The molecule has 0 aliphatic carbocycles. The van der Waals surface area contributed by atoms with Crippen LogP contribution >= 0.6 is 11.8 Å². The van der Waals surface area contributed by atoms with E-state index in [2.05, 4.69) is 40.0 Å². The molecule has 21 heavy (non-hydrogen) atoms. The summed E-state index contributed by atoms with van der Waals surface area (Å²) in [6, 6.07) is 0. The Bertz CT molecular complexity index is 434. The first kappa shape index (κ1) is 17.9. The molecule has 0 bridgehead atoms. The van der Waals surface area contributed by atoms with Crippen LogP contribution in [-0.4, -0.2) is 50.5 Å². The highest BCUT2D eigenvalue weighted by Crippen LogP contribution is 2.14. The average molecular weight is 314 g/mol. The molecule has 2 N–H and O–H groups in total.